The summed E-state index contributed by atoms with van der Waals surface area (Å²) in [5, 5.41) is 7.14. The minimum absolute atomic E-state index is 0.188. The van der Waals surface area contributed by atoms with Crippen LogP contribution in [0.15, 0.2) is 24.3 Å². The molecule has 0 saturated carbocycles. The molecule has 1 amide bonds. The summed E-state index contributed by atoms with van der Waals surface area (Å²) in [6.07, 6.45) is 0. The zero-order valence-corrected chi connectivity index (χ0v) is 12.1. The maximum atomic E-state index is 12.3. The maximum Gasteiger partial charge on any atom is 0.271 e. The van der Waals surface area contributed by atoms with E-state index in [1.54, 1.807) is 11.6 Å². The van der Waals surface area contributed by atoms with Crippen molar-refractivity contribution in [2.24, 2.45) is 0 Å². The summed E-state index contributed by atoms with van der Waals surface area (Å²) in [5.74, 6) is -0.188. The molecule has 0 spiro atoms. The van der Waals surface area contributed by atoms with Gasteiger partial charge in [-0.15, -0.1) is 0 Å². The van der Waals surface area contributed by atoms with Gasteiger partial charge in [-0.25, -0.2) is 0 Å². The first-order chi connectivity index (χ1) is 9.52. The van der Waals surface area contributed by atoms with Crippen molar-refractivity contribution in [1.29, 1.82) is 0 Å². The van der Waals surface area contributed by atoms with E-state index in [4.69, 9.17) is 5.73 Å². The minimum Gasteiger partial charge on any atom is -0.395 e. The highest BCUT2D eigenvalue weighted by Crippen LogP contribution is 2.16. The van der Waals surface area contributed by atoms with Crippen molar-refractivity contribution in [3.05, 3.63) is 46.8 Å². The molecule has 1 aromatic heterocycles. The van der Waals surface area contributed by atoms with Crippen LogP contribution in [0.2, 0.25) is 0 Å². The van der Waals surface area contributed by atoms with Gasteiger partial charge in [-0.05, 0) is 26.3 Å². The van der Waals surface area contributed by atoms with Gasteiger partial charge in [0.1, 0.15) is 5.69 Å². The lowest BCUT2D eigenvalue weighted by atomic mass is 10.1. The molecule has 0 aliphatic carbocycles. The molecular formula is C15H20N4O. The van der Waals surface area contributed by atoms with Crippen LogP contribution >= 0.6 is 0 Å². The zero-order chi connectivity index (χ0) is 14.7. The van der Waals surface area contributed by atoms with Crippen LogP contribution in [0.5, 0.6) is 0 Å². The van der Waals surface area contributed by atoms with E-state index < -0.39 is 0 Å². The second-order valence-electron chi connectivity index (χ2n) is 4.84. The van der Waals surface area contributed by atoms with Gasteiger partial charge >= 0.3 is 0 Å². The fourth-order valence-corrected chi connectivity index (χ4v) is 2.15. The predicted octanol–water partition coefficient (Wildman–Crippen LogP) is 2.03. The van der Waals surface area contributed by atoms with Gasteiger partial charge < -0.3 is 11.1 Å². The van der Waals surface area contributed by atoms with Crippen LogP contribution in [0.4, 0.5) is 5.69 Å². The smallest absolute Gasteiger partial charge is 0.271 e. The van der Waals surface area contributed by atoms with E-state index in [0.29, 0.717) is 30.2 Å². The largest absolute Gasteiger partial charge is 0.395 e. The van der Waals surface area contributed by atoms with Crippen LogP contribution < -0.4 is 11.1 Å². The molecule has 1 aromatic carbocycles. The Morgan fingerprint density at radius 3 is 2.80 bits per heavy atom. The average molecular weight is 272 g/mol. The Labute approximate surface area is 118 Å². The number of benzene rings is 1. The van der Waals surface area contributed by atoms with Crippen molar-refractivity contribution in [3.8, 4) is 0 Å². The first-order valence-corrected chi connectivity index (χ1v) is 6.69. The second kappa shape index (κ2) is 5.77. The van der Waals surface area contributed by atoms with E-state index in [-0.39, 0.29) is 5.91 Å². The van der Waals surface area contributed by atoms with Crippen LogP contribution in [0.3, 0.4) is 0 Å². The SMILES string of the molecule is CCn1nc(C)c(N)c1C(=O)NCc1cccc(C)c1. The van der Waals surface area contributed by atoms with Gasteiger partial charge in [-0.2, -0.15) is 5.10 Å². The zero-order valence-electron chi connectivity index (χ0n) is 12.1. The normalized spacial score (nSPS) is 10.6. The number of hydrogen-bond donors (Lipinski definition) is 2. The van der Waals surface area contributed by atoms with E-state index in [2.05, 4.69) is 10.4 Å². The number of nitrogen functional groups attached to an aromatic ring is 1. The van der Waals surface area contributed by atoms with E-state index in [1.807, 2.05) is 38.1 Å². The number of rotatable bonds is 4. The third-order valence-electron chi connectivity index (χ3n) is 3.22. The fraction of sp³-hybridized carbons (Fsp3) is 0.333. The minimum atomic E-state index is -0.188. The molecular weight excluding hydrogens is 252 g/mol. The summed E-state index contributed by atoms with van der Waals surface area (Å²) in [7, 11) is 0. The van der Waals surface area contributed by atoms with Gasteiger partial charge in [0.05, 0.1) is 11.4 Å². The van der Waals surface area contributed by atoms with Crippen LogP contribution in [-0.2, 0) is 13.1 Å². The number of nitrogens with one attached hydrogen (secondary N) is 1. The Balaban J connectivity index is 2.13. The Hall–Kier alpha value is -2.30. The maximum absolute atomic E-state index is 12.3. The first-order valence-electron chi connectivity index (χ1n) is 6.69. The van der Waals surface area contributed by atoms with Crippen LogP contribution in [0.1, 0.15) is 34.2 Å². The third kappa shape index (κ3) is 2.82. The monoisotopic (exact) mass is 272 g/mol. The highest BCUT2D eigenvalue weighted by Gasteiger charge is 2.18. The lowest BCUT2D eigenvalue weighted by Crippen LogP contribution is -2.26. The molecule has 2 rings (SSSR count). The molecule has 0 unspecified atom stereocenters. The van der Waals surface area contributed by atoms with Gasteiger partial charge in [0.2, 0.25) is 0 Å². The topological polar surface area (TPSA) is 72.9 Å². The summed E-state index contributed by atoms with van der Waals surface area (Å²) < 4.78 is 1.64. The summed E-state index contributed by atoms with van der Waals surface area (Å²) in [6.45, 7) is 6.86. The van der Waals surface area contributed by atoms with E-state index >= 15 is 0 Å². The summed E-state index contributed by atoms with van der Waals surface area (Å²) in [5.41, 5.74) is 9.75. The fourth-order valence-electron chi connectivity index (χ4n) is 2.15. The molecule has 20 heavy (non-hydrogen) atoms. The molecule has 1 heterocycles. The molecule has 0 bridgehead atoms. The highest BCUT2D eigenvalue weighted by molar-refractivity contribution is 5.97. The van der Waals surface area contributed by atoms with Gasteiger partial charge in [-0.3, -0.25) is 9.48 Å². The number of aromatic nitrogens is 2. The quantitative estimate of drug-likeness (QED) is 0.894. The first kappa shape index (κ1) is 14.1. The summed E-state index contributed by atoms with van der Waals surface area (Å²) in [6, 6.07) is 8.04. The predicted molar refractivity (Wildman–Crippen MR) is 79.4 cm³/mol. The lowest BCUT2D eigenvalue weighted by Gasteiger charge is -2.08. The van der Waals surface area contributed by atoms with Crippen molar-refractivity contribution < 1.29 is 4.79 Å². The van der Waals surface area contributed by atoms with Gasteiger partial charge in [-0.1, -0.05) is 29.8 Å². The molecule has 5 heteroatoms. The highest BCUT2D eigenvalue weighted by atomic mass is 16.2. The average Bonchev–Trinajstić information content (AvgIpc) is 2.72. The molecule has 3 N–H and O–H groups in total. The molecule has 5 nitrogen and oxygen atoms in total. The molecule has 0 fully saturated rings. The number of carbonyl (C=O) groups excluding carboxylic acids is 1. The summed E-state index contributed by atoms with van der Waals surface area (Å²) in [4.78, 5) is 12.3. The molecule has 0 radical (unpaired) electrons. The van der Waals surface area contributed by atoms with Crippen molar-refractivity contribution >= 4 is 11.6 Å². The number of anilines is 1. The van der Waals surface area contributed by atoms with E-state index in [1.165, 1.54) is 5.56 Å². The Bertz CT molecular complexity index is 631. The molecule has 106 valence electrons. The number of aryl methyl sites for hydroxylation is 3. The van der Waals surface area contributed by atoms with Crippen molar-refractivity contribution in [1.82, 2.24) is 15.1 Å². The third-order valence-corrected chi connectivity index (χ3v) is 3.22. The van der Waals surface area contributed by atoms with Crippen molar-refractivity contribution in [3.63, 3.8) is 0 Å². The van der Waals surface area contributed by atoms with Gasteiger partial charge in [0, 0.05) is 13.1 Å². The lowest BCUT2D eigenvalue weighted by molar-refractivity contribution is 0.0941. The van der Waals surface area contributed by atoms with Crippen LogP contribution in [-0.4, -0.2) is 15.7 Å². The molecule has 2 aromatic rings. The van der Waals surface area contributed by atoms with E-state index in [9.17, 15) is 4.79 Å². The number of nitrogens with two attached hydrogens (primary N) is 1. The van der Waals surface area contributed by atoms with Crippen LogP contribution in [0.25, 0.3) is 0 Å². The van der Waals surface area contributed by atoms with Crippen molar-refractivity contribution in [2.75, 3.05) is 5.73 Å². The Morgan fingerprint density at radius 2 is 2.15 bits per heavy atom. The Morgan fingerprint density at radius 1 is 1.40 bits per heavy atom. The van der Waals surface area contributed by atoms with E-state index in [0.717, 1.165) is 5.56 Å². The standard InChI is InChI=1S/C15H20N4O/c1-4-19-14(13(16)11(3)18-19)15(20)17-9-12-7-5-6-10(2)8-12/h5-8H,4,9,16H2,1-3H3,(H,17,20). The molecule has 0 saturated heterocycles. The Kier molecular flexibility index (Phi) is 4.08. The number of carbonyl (C=O) groups is 1. The second-order valence-corrected chi connectivity index (χ2v) is 4.84. The molecule has 0 atom stereocenters. The van der Waals surface area contributed by atoms with Gasteiger partial charge in [0.15, 0.2) is 0 Å². The number of hydrogen-bond acceptors (Lipinski definition) is 3. The number of amides is 1. The van der Waals surface area contributed by atoms with Crippen LogP contribution in [0, 0.1) is 13.8 Å². The molecule has 0 aliphatic heterocycles. The molecule has 0 aliphatic rings. The number of nitrogens with zero attached hydrogens (tertiary/aromatic N) is 2. The van der Waals surface area contributed by atoms with Gasteiger partial charge in [0.25, 0.3) is 5.91 Å². The van der Waals surface area contributed by atoms with Crippen molar-refractivity contribution in [2.45, 2.75) is 33.9 Å². The summed E-state index contributed by atoms with van der Waals surface area (Å²) >= 11 is 0.